The number of hydrogen-bond donors (Lipinski definition) is 1. The third-order valence-electron chi connectivity index (χ3n) is 2.93. The zero-order valence-electron chi connectivity index (χ0n) is 12.1. The van der Waals surface area contributed by atoms with Crippen LogP contribution in [-0.4, -0.2) is 17.5 Å². The molecule has 1 N–H and O–H groups in total. The Hall–Kier alpha value is -1.66. The molecule has 0 aliphatic heterocycles. The molecule has 0 fully saturated rings. The van der Waals surface area contributed by atoms with Crippen LogP contribution < -0.4 is 5.32 Å². The van der Waals surface area contributed by atoms with Gasteiger partial charge in [0.1, 0.15) is 0 Å². The summed E-state index contributed by atoms with van der Waals surface area (Å²) in [5.74, 6) is -0.791. The van der Waals surface area contributed by atoms with Crippen molar-refractivity contribution in [2.24, 2.45) is 0 Å². The summed E-state index contributed by atoms with van der Waals surface area (Å²) in [6.45, 7) is 4.47. The van der Waals surface area contributed by atoms with Gasteiger partial charge in [-0.05, 0) is 47.7 Å². The van der Waals surface area contributed by atoms with Gasteiger partial charge in [0.25, 0.3) is 5.91 Å². The average molecular weight is 323 g/mol. The molecule has 2 heterocycles. The zero-order valence-corrected chi connectivity index (χ0v) is 13.7. The summed E-state index contributed by atoms with van der Waals surface area (Å²) in [6.07, 6.45) is 0. The predicted molar refractivity (Wildman–Crippen MR) is 84.5 cm³/mol. The molecule has 21 heavy (non-hydrogen) atoms. The van der Waals surface area contributed by atoms with Crippen LogP contribution in [0.1, 0.15) is 37.3 Å². The first-order valence-corrected chi connectivity index (χ1v) is 8.28. The molecule has 0 unspecified atom stereocenters. The zero-order chi connectivity index (χ0) is 15.5. The monoisotopic (exact) mass is 323 g/mol. The van der Waals surface area contributed by atoms with Gasteiger partial charge in [0.15, 0.2) is 5.60 Å². The van der Waals surface area contributed by atoms with Crippen molar-refractivity contribution in [1.29, 1.82) is 0 Å². The fraction of sp³-hybridized carbons (Fsp3) is 0.333. The lowest BCUT2D eigenvalue weighted by Gasteiger charge is -2.26. The van der Waals surface area contributed by atoms with Crippen molar-refractivity contribution in [3.8, 4) is 0 Å². The summed E-state index contributed by atoms with van der Waals surface area (Å²) >= 11 is 3.16. The lowest BCUT2D eigenvalue weighted by atomic mass is 10.1. The highest BCUT2D eigenvalue weighted by atomic mass is 32.1. The Morgan fingerprint density at radius 2 is 2.05 bits per heavy atom. The topological polar surface area (TPSA) is 55.4 Å². The largest absolute Gasteiger partial charge is 0.450 e. The molecule has 112 valence electrons. The second-order valence-electron chi connectivity index (χ2n) is 5.08. The first kappa shape index (κ1) is 15.7. The van der Waals surface area contributed by atoms with E-state index in [2.05, 4.69) is 5.32 Å². The molecule has 0 spiro atoms. The van der Waals surface area contributed by atoms with Crippen LogP contribution in [0.3, 0.4) is 0 Å². The highest BCUT2D eigenvalue weighted by Gasteiger charge is 2.33. The minimum atomic E-state index is -1.20. The third-order valence-corrected chi connectivity index (χ3v) is 4.56. The molecule has 0 saturated carbocycles. The number of carbonyl (C=O) groups is 2. The molecule has 6 heteroatoms. The van der Waals surface area contributed by atoms with E-state index in [1.807, 2.05) is 34.3 Å². The molecule has 0 aliphatic rings. The van der Waals surface area contributed by atoms with E-state index in [9.17, 15) is 9.59 Å². The number of amides is 1. The van der Waals surface area contributed by atoms with E-state index < -0.39 is 11.6 Å². The van der Waals surface area contributed by atoms with Gasteiger partial charge in [-0.1, -0.05) is 6.07 Å². The Morgan fingerprint density at radius 3 is 2.57 bits per heavy atom. The molecule has 1 amide bonds. The van der Waals surface area contributed by atoms with Crippen LogP contribution in [-0.2, 0) is 14.3 Å². The Kier molecular flexibility index (Phi) is 4.80. The number of nitrogens with one attached hydrogen (secondary N) is 1. The minimum Gasteiger partial charge on any atom is -0.450 e. The molecule has 1 atom stereocenters. The van der Waals surface area contributed by atoms with E-state index in [4.69, 9.17) is 4.74 Å². The van der Waals surface area contributed by atoms with Crippen LogP contribution in [0.2, 0.25) is 0 Å². The third kappa shape index (κ3) is 3.92. The summed E-state index contributed by atoms with van der Waals surface area (Å²) in [7, 11) is 0. The van der Waals surface area contributed by atoms with Crippen molar-refractivity contribution in [3.05, 3.63) is 44.8 Å². The highest BCUT2D eigenvalue weighted by molar-refractivity contribution is 7.10. The minimum absolute atomic E-state index is 0.224. The molecule has 0 saturated heterocycles. The molecule has 2 aromatic rings. The average Bonchev–Trinajstić information content (AvgIpc) is 3.07. The molecule has 2 rings (SSSR count). The Morgan fingerprint density at radius 1 is 1.29 bits per heavy atom. The van der Waals surface area contributed by atoms with E-state index in [0.29, 0.717) is 0 Å². The van der Waals surface area contributed by atoms with Crippen molar-refractivity contribution in [3.63, 3.8) is 0 Å². The van der Waals surface area contributed by atoms with Crippen LogP contribution in [0.4, 0.5) is 0 Å². The number of hydrogen-bond acceptors (Lipinski definition) is 5. The van der Waals surface area contributed by atoms with Gasteiger partial charge in [-0.15, -0.1) is 11.3 Å². The number of carbonyl (C=O) groups excluding carboxylic acids is 2. The van der Waals surface area contributed by atoms with Gasteiger partial charge in [0, 0.05) is 11.8 Å². The first-order valence-electron chi connectivity index (χ1n) is 6.46. The molecule has 0 radical (unpaired) electrons. The summed E-state index contributed by atoms with van der Waals surface area (Å²) < 4.78 is 5.09. The lowest BCUT2D eigenvalue weighted by Crippen LogP contribution is -2.46. The number of ether oxygens (including phenoxy) is 1. The molecular formula is C15H17NO3S2. The van der Waals surface area contributed by atoms with Crippen LogP contribution in [0.15, 0.2) is 34.3 Å². The fourth-order valence-corrected chi connectivity index (χ4v) is 3.41. The summed E-state index contributed by atoms with van der Waals surface area (Å²) in [5.41, 5.74) is -0.174. The number of esters is 1. The lowest BCUT2D eigenvalue weighted by molar-refractivity contribution is -0.163. The van der Waals surface area contributed by atoms with Crippen molar-refractivity contribution in [1.82, 2.24) is 5.32 Å². The smallest absolute Gasteiger partial charge is 0.303 e. The highest BCUT2D eigenvalue weighted by Crippen LogP contribution is 2.28. The molecule has 0 bridgehead atoms. The van der Waals surface area contributed by atoms with Crippen molar-refractivity contribution < 1.29 is 14.3 Å². The van der Waals surface area contributed by atoms with Crippen LogP contribution in [0.5, 0.6) is 0 Å². The normalized spacial score (nSPS) is 12.7. The maximum absolute atomic E-state index is 12.4. The molecular weight excluding hydrogens is 306 g/mol. The van der Waals surface area contributed by atoms with E-state index in [1.165, 1.54) is 6.92 Å². The SMILES string of the molecule is CC(=O)OC(C)(C)C(=O)N[C@H](c1ccsc1)c1cccs1. The molecule has 4 nitrogen and oxygen atoms in total. The quantitative estimate of drug-likeness (QED) is 0.859. The summed E-state index contributed by atoms with van der Waals surface area (Å²) in [4.78, 5) is 24.6. The summed E-state index contributed by atoms with van der Waals surface area (Å²) in [5, 5.41) is 8.91. The predicted octanol–water partition coefficient (Wildman–Crippen LogP) is 3.36. The van der Waals surface area contributed by atoms with Crippen LogP contribution >= 0.6 is 22.7 Å². The molecule has 2 aromatic heterocycles. The standard InChI is InChI=1S/C15H17NO3S2/c1-10(17)19-15(2,3)14(18)16-13(11-6-8-20-9-11)12-5-4-7-21-12/h4-9,13H,1-3H3,(H,16,18)/t13-/m1/s1. The Bertz CT molecular complexity index is 569. The second-order valence-corrected chi connectivity index (χ2v) is 6.84. The number of thiophene rings is 2. The van der Waals surface area contributed by atoms with Crippen LogP contribution in [0.25, 0.3) is 0 Å². The van der Waals surface area contributed by atoms with Gasteiger partial charge >= 0.3 is 5.97 Å². The van der Waals surface area contributed by atoms with Crippen molar-refractivity contribution >= 4 is 34.6 Å². The maximum atomic E-state index is 12.4. The van der Waals surface area contributed by atoms with Gasteiger partial charge in [-0.2, -0.15) is 11.3 Å². The van der Waals surface area contributed by atoms with Crippen LogP contribution in [0, 0.1) is 0 Å². The van der Waals surface area contributed by atoms with Crippen molar-refractivity contribution in [2.75, 3.05) is 0 Å². The van der Waals surface area contributed by atoms with Crippen molar-refractivity contribution in [2.45, 2.75) is 32.4 Å². The fourth-order valence-electron chi connectivity index (χ4n) is 1.92. The Balaban J connectivity index is 2.20. The molecule has 0 aliphatic carbocycles. The van der Waals surface area contributed by atoms with E-state index in [-0.39, 0.29) is 11.9 Å². The second kappa shape index (κ2) is 6.41. The number of rotatable bonds is 5. The van der Waals surface area contributed by atoms with Gasteiger partial charge in [0.2, 0.25) is 0 Å². The van der Waals surface area contributed by atoms with Gasteiger partial charge < -0.3 is 10.1 Å². The van der Waals surface area contributed by atoms with Gasteiger partial charge in [0.05, 0.1) is 6.04 Å². The summed E-state index contributed by atoms with van der Waals surface area (Å²) in [6, 6.07) is 5.68. The van der Waals surface area contributed by atoms with E-state index in [0.717, 1.165) is 10.4 Å². The van der Waals surface area contributed by atoms with E-state index in [1.54, 1.807) is 36.5 Å². The van der Waals surface area contributed by atoms with E-state index >= 15 is 0 Å². The Labute approximate surface area is 131 Å². The first-order chi connectivity index (χ1) is 9.90. The van der Waals surface area contributed by atoms with Gasteiger partial charge in [-0.25, -0.2) is 0 Å². The van der Waals surface area contributed by atoms with Gasteiger partial charge in [-0.3, -0.25) is 9.59 Å². The molecule has 0 aromatic carbocycles. The maximum Gasteiger partial charge on any atom is 0.303 e.